The number of rotatable bonds is 9. The highest BCUT2D eigenvalue weighted by atomic mass is 35.5. The molecule has 30 heavy (non-hydrogen) atoms. The summed E-state index contributed by atoms with van der Waals surface area (Å²) in [6, 6.07) is 4.19. The van der Waals surface area contributed by atoms with Gasteiger partial charge in [-0.05, 0) is 43.5 Å². The molecule has 1 aromatic carbocycles. The van der Waals surface area contributed by atoms with E-state index in [1.807, 2.05) is 13.8 Å². The molecule has 2 aromatic rings. The first kappa shape index (κ1) is 23.3. The Morgan fingerprint density at radius 1 is 1.10 bits per heavy atom. The molecule has 1 aromatic heterocycles. The smallest absolute Gasteiger partial charge is 0.252 e. The summed E-state index contributed by atoms with van der Waals surface area (Å²) in [6.07, 6.45) is 0.504. The molecule has 0 spiro atoms. The topological polar surface area (TPSA) is 123 Å². The van der Waals surface area contributed by atoms with E-state index < -0.39 is 35.4 Å². The van der Waals surface area contributed by atoms with Crippen molar-refractivity contribution < 1.29 is 18.4 Å². The number of aromatic nitrogens is 1. The number of nitrogens with one attached hydrogen (secondary N) is 2. The number of primary amides is 2. The lowest BCUT2D eigenvalue weighted by Crippen LogP contribution is -2.37. The standard InChI is InChI=1S/C20H24ClF2N5O2/c1-9(2)6-12(17(24)29)10(3)26-20-16(23)8-13(18(25)30)19(28-20)27-11-4-5-15(22)14(21)7-11/h4-5,7-10,12H,6H2,1-3H3,(H2,24,29)(H2,25,30)(H2,26,27,28). The van der Waals surface area contributed by atoms with E-state index in [1.165, 1.54) is 12.1 Å². The molecule has 1 heterocycles. The number of benzene rings is 1. The summed E-state index contributed by atoms with van der Waals surface area (Å²) in [5.41, 5.74) is 10.9. The molecule has 2 atom stereocenters. The Bertz CT molecular complexity index is 955. The first-order valence-electron chi connectivity index (χ1n) is 9.27. The number of halogens is 3. The minimum atomic E-state index is -0.911. The summed E-state index contributed by atoms with van der Waals surface area (Å²) in [5.74, 6) is -3.49. The molecular formula is C20H24ClF2N5O2. The van der Waals surface area contributed by atoms with Crippen LogP contribution >= 0.6 is 11.6 Å². The molecule has 0 radical (unpaired) electrons. The van der Waals surface area contributed by atoms with Crippen LogP contribution in [0.1, 0.15) is 37.6 Å². The van der Waals surface area contributed by atoms with Crippen molar-refractivity contribution in [3.63, 3.8) is 0 Å². The van der Waals surface area contributed by atoms with Gasteiger partial charge in [-0.25, -0.2) is 13.8 Å². The third kappa shape index (κ3) is 5.79. The van der Waals surface area contributed by atoms with E-state index in [-0.39, 0.29) is 28.1 Å². The molecule has 6 N–H and O–H groups in total. The van der Waals surface area contributed by atoms with E-state index in [0.717, 1.165) is 12.1 Å². The zero-order valence-electron chi connectivity index (χ0n) is 16.8. The van der Waals surface area contributed by atoms with Crippen LogP contribution in [0.4, 0.5) is 26.1 Å². The van der Waals surface area contributed by atoms with E-state index >= 15 is 0 Å². The van der Waals surface area contributed by atoms with Gasteiger partial charge in [-0.1, -0.05) is 25.4 Å². The van der Waals surface area contributed by atoms with Crippen molar-refractivity contribution >= 4 is 40.7 Å². The van der Waals surface area contributed by atoms with Crippen LogP contribution in [-0.2, 0) is 4.79 Å². The number of nitrogens with zero attached hydrogens (tertiary/aromatic N) is 1. The Morgan fingerprint density at radius 2 is 1.77 bits per heavy atom. The molecule has 0 bridgehead atoms. The minimum absolute atomic E-state index is 0.0549. The summed E-state index contributed by atoms with van der Waals surface area (Å²) >= 11 is 5.77. The van der Waals surface area contributed by atoms with Gasteiger partial charge in [0.1, 0.15) is 11.6 Å². The summed E-state index contributed by atoms with van der Waals surface area (Å²) in [6.45, 7) is 5.58. The maximum absolute atomic E-state index is 14.6. The highest BCUT2D eigenvalue weighted by molar-refractivity contribution is 6.31. The van der Waals surface area contributed by atoms with Crippen LogP contribution in [-0.4, -0.2) is 22.8 Å². The van der Waals surface area contributed by atoms with Crippen molar-refractivity contribution in [2.24, 2.45) is 23.3 Å². The summed E-state index contributed by atoms with van der Waals surface area (Å²) in [4.78, 5) is 27.7. The molecule has 10 heteroatoms. The molecule has 0 aliphatic rings. The van der Waals surface area contributed by atoms with Crippen molar-refractivity contribution in [1.82, 2.24) is 4.98 Å². The zero-order chi connectivity index (χ0) is 22.6. The predicted octanol–water partition coefficient (Wildman–Crippen LogP) is 3.80. The average Bonchev–Trinajstić information content (AvgIpc) is 2.64. The Balaban J connectivity index is 2.38. The van der Waals surface area contributed by atoms with Crippen LogP contribution in [0.5, 0.6) is 0 Å². The maximum Gasteiger partial charge on any atom is 0.252 e. The highest BCUT2D eigenvalue weighted by Gasteiger charge is 2.26. The van der Waals surface area contributed by atoms with Gasteiger partial charge in [-0.2, -0.15) is 0 Å². The third-order valence-electron chi connectivity index (χ3n) is 4.48. The molecule has 2 rings (SSSR count). The van der Waals surface area contributed by atoms with E-state index in [9.17, 15) is 18.4 Å². The first-order valence-corrected chi connectivity index (χ1v) is 9.65. The van der Waals surface area contributed by atoms with Crippen LogP contribution in [0.3, 0.4) is 0 Å². The molecule has 0 saturated carbocycles. The zero-order valence-corrected chi connectivity index (χ0v) is 17.6. The Morgan fingerprint density at radius 3 is 2.30 bits per heavy atom. The molecule has 0 aliphatic heterocycles. The fourth-order valence-electron chi connectivity index (χ4n) is 2.97. The molecule has 162 valence electrons. The van der Waals surface area contributed by atoms with Crippen LogP contribution in [0, 0.1) is 23.5 Å². The molecule has 7 nitrogen and oxygen atoms in total. The van der Waals surface area contributed by atoms with Gasteiger partial charge in [-0.15, -0.1) is 0 Å². The van der Waals surface area contributed by atoms with E-state index in [4.69, 9.17) is 23.1 Å². The second-order valence-corrected chi connectivity index (χ2v) is 7.81. The van der Waals surface area contributed by atoms with Crippen LogP contribution < -0.4 is 22.1 Å². The third-order valence-corrected chi connectivity index (χ3v) is 4.77. The molecule has 0 fully saturated rings. The van der Waals surface area contributed by atoms with Crippen LogP contribution in [0.2, 0.25) is 5.02 Å². The lowest BCUT2D eigenvalue weighted by molar-refractivity contribution is -0.122. The largest absolute Gasteiger partial charge is 0.369 e. The second kappa shape index (κ2) is 9.71. The molecular weight excluding hydrogens is 416 g/mol. The van der Waals surface area contributed by atoms with Gasteiger partial charge in [-0.3, -0.25) is 9.59 Å². The Hall–Kier alpha value is -2.94. The number of carbonyl (C=O) groups is 2. The average molecular weight is 440 g/mol. The molecule has 2 unspecified atom stereocenters. The van der Waals surface area contributed by atoms with Gasteiger partial charge in [0.15, 0.2) is 11.6 Å². The fraction of sp³-hybridized carbons (Fsp3) is 0.350. The SMILES string of the molecule is CC(C)CC(C(N)=O)C(C)Nc1nc(Nc2ccc(F)c(Cl)c2)c(C(N)=O)cc1F. The second-order valence-electron chi connectivity index (χ2n) is 7.40. The van der Waals surface area contributed by atoms with Crippen molar-refractivity contribution in [3.8, 4) is 0 Å². The lowest BCUT2D eigenvalue weighted by atomic mass is 9.90. The van der Waals surface area contributed by atoms with Crippen molar-refractivity contribution in [1.29, 1.82) is 0 Å². The van der Waals surface area contributed by atoms with Crippen molar-refractivity contribution in [2.45, 2.75) is 33.2 Å². The number of pyridine rings is 1. The normalized spacial score (nSPS) is 13.0. The van der Waals surface area contributed by atoms with Gasteiger partial charge >= 0.3 is 0 Å². The van der Waals surface area contributed by atoms with E-state index in [0.29, 0.717) is 12.1 Å². The number of anilines is 3. The summed E-state index contributed by atoms with van der Waals surface area (Å²) in [5, 5.41) is 5.48. The van der Waals surface area contributed by atoms with Gasteiger partial charge in [0.2, 0.25) is 5.91 Å². The fourth-order valence-corrected chi connectivity index (χ4v) is 3.16. The summed E-state index contributed by atoms with van der Waals surface area (Å²) < 4.78 is 28.0. The number of hydrogen-bond donors (Lipinski definition) is 4. The van der Waals surface area contributed by atoms with Crippen molar-refractivity contribution in [3.05, 3.63) is 46.5 Å². The number of carbonyl (C=O) groups excluding carboxylic acids is 2. The molecule has 0 aliphatic carbocycles. The summed E-state index contributed by atoms with van der Waals surface area (Å²) in [7, 11) is 0. The quantitative estimate of drug-likeness (QED) is 0.473. The van der Waals surface area contributed by atoms with Gasteiger partial charge in [0, 0.05) is 11.7 Å². The van der Waals surface area contributed by atoms with E-state index in [1.54, 1.807) is 6.92 Å². The minimum Gasteiger partial charge on any atom is -0.369 e. The number of amides is 2. The lowest BCUT2D eigenvalue weighted by Gasteiger charge is -2.25. The number of nitrogens with two attached hydrogens (primary N) is 2. The van der Waals surface area contributed by atoms with E-state index in [2.05, 4.69) is 15.6 Å². The number of hydrogen-bond acceptors (Lipinski definition) is 5. The van der Waals surface area contributed by atoms with Crippen LogP contribution in [0.15, 0.2) is 24.3 Å². The molecule has 0 saturated heterocycles. The van der Waals surface area contributed by atoms with Crippen LogP contribution in [0.25, 0.3) is 0 Å². The first-order chi connectivity index (χ1) is 14.0. The monoisotopic (exact) mass is 439 g/mol. The van der Waals surface area contributed by atoms with Gasteiger partial charge < -0.3 is 22.1 Å². The van der Waals surface area contributed by atoms with Gasteiger partial charge in [0.05, 0.1) is 16.5 Å². The van der Waals surface area contributed by atoms with Crippen molar-refractivity contribution in [2.75, 3.05) is 10.6 Å². The maximum atomic E-state index is 14.6. The Kier molecular flexibility index (Phi) is 7.55. The van der Waals surface area contributed by atoms with Gasteiger partial charge in [0.25, 0.3) is 5.91 Å². The molecule has 2 amide bonds. The highest BCUT2D eigenvalue weighted by Crippen LogP contribution is 2.27. The Labute approximate surface area is 178 Å². The predicted molar refractivity (Wildman–Crippen MR) is 113 cm³/mol.